The van der Waals surface area contributed by atoms with Crippen LogP contribution >= 0.6 is 0 Å². The maximum Gasteiger partial charge on any atom is 0.356 e. The SMILES string of the molecule is O=C(O)c1cn(-c2ccc3c(c2)COC3)cn1. The number of benzene rings is 1. The van der Waals surface area contributed by atoms with Crippen molar-refractivity contribution in [3.63, 3.8) is 0 Å². The number of carbonyl (C=O) groups is 1. The first-order valence-corrected chi connectivity index (χ1v) is 5.21. The van der Waals surface area contributed by atoms with Gasteiger partial charge in [-0.05, 0) is 23.3 Å². The molecule has 1 N–H and O–H groups in total. The Morgan fingerprint density at radius 3 is 2.94 bits per heavy atom. The van der Waals surface area contributed by atoms with Crippen molar-refractivity contribution < 1.29 is 14.6 Å². The molecule has 1 aromatic carbocycles. The second-order valence-corrected chi connectivity index (χ2v) is 3.92. The molecule has 2 aromatic rings. The largest absolute Gasteiger partial charge is 0.476 e. The summed E-state index contributed by atoms with van der Waals surface area (Å²) in [6, 6.07) is 5.93. The molecule has 0 aliphatic carbocycles. The number of nitrogens with zero attached hydrogens (tertiary/aromatic N) is 2. The highest BCUT2D eigenvalue weighted by Gasteiger charge is 2.13. The Morgan fingerprint density at radius 1 is 1.35 bits per heavy atom. The average molecular weight is 230 g/mol. The van der Waals surface area contributed by atoms with Crippen LogP contribution in [0.2, 0.25) is 0 Å². The van der Waals surface area contributed by atoms with E-state index in [9.17, 15) is 4.79 Å². The van der Waals surface area contributed by atoms with Gasteiger partial charge in [-0.1, -0.05) is 6.07 Å². The molecule has 1 aliphatic heterocycles. The number of carboxylic acid groups (broad SMARTS) is 1. The second kappa shape index (κ2) is 3.71. The molecule has 17 heavy (non-hydrogen) atoms. The lowest BCUT2D eigenvalue weighted by molar-refractivity contribution is 0.0691. The van der Waals surface area contributed by atoms with Crippen molar-refractivity contribution in [1.82, 2.24) is 9.55 Å². The van der Waals surface area contributed by atoms with Crippen LogP contribution in [0.3, 0.4) is 0 Å². The highest BCUT2D eigenvalue weighted by molar-refractivity contribution is 5.85. The van der Waals surface area contributed by atoms with Crippen molar-refractivity contribution >= 4 is 5.97 Å². The van der Waals surface area contributed by atoms with Crippen LogP contribution in [0, 0.1) is 0 Å². The zero-order valence-corrected chi connectivity index (χ0v) is 8.96. The van der Waals surface area contributed by atoms with Gasteiger partial charge >= 0.3 is 5.97 Å². The number of fused-ring (bicyclic) bond motifs is 1. The third-order valence-electron chi connectivity index (χ3n) is 2.80. The van der Waals surface area contributed by atoms with Gasteiger partial charge in [0.05, 0.1) is 13.2 Å². The fraction of sp³-hybridized carbons (Fsp3) is 0.167. The molecule has 0 saturated carbocycles. The molecule has 0 amide bonds. The monoisotopic (exact) mass is 230 g/mol. The van der Waals surface area contributed by atoms with E-state index in [1.807, 2.05) is 18.2 Å². The quantitative estimate of drug-likeness (QED) is 0.851. The van der Waals surface area contributed by atoms with Crippen LogP contribution in [-0.4, -0.2) is 20.6 Å². The van der Waals surface area contributed by atoms with Crippen LogP contribution in [0.1, 0.15) is 21.6 Å². The molecule has 0 fully saturated rings. The Balaban J connectivity index is 2.00. The predicted octanol–water partition coefficient (Wildman–Crippen LogP) is 1.60. The number of hydrogen-bond donors (Lipinski definition) is 1. The molecule has 0 radical (unpaired) electrons. The standard InChI is InChI=1S/C12H10N2O3/c15-12(16)11-4-14(7-13-11)10-2-1-8-5-17-6-9(8)3-10/h1-4,7H,5-6H2,(H,15,16). The van der Waals surface area contributed by atoms with Gasteiger partial charge in [0.2, 0.25) is 0 Å². The molecule has 0 spiro atoms. The number of aromatic carboxylic acids is 1. The van der Waals surface area contributed by atoms with Crippen LogP contribution in [0.25, 0.3) is 5.69 Å². The molecule has 3 rings (SSSR count). The van der Waals surface area contributed by atoms with Gasteiger partial charge in [-0.2, -0.15) is 0 Å². The summed E-state index contributed by atoms with van der Waals surface area (Å²) in [6.07, 6.45) is 3.00. The number of hydrogen-bond acceptors (Lipinski definition) is 3. The van der Waals surface area contributed by atoms with Crippen molar-refractivity contribution in [2.45, 2.75) is 13.2 Å². The topological polar surface area (TPSA) is 64.3 Å². The van der Waals surface area contributed by atoms with Crippen molar-refractivity contribution in [3.8, 4) is 5.69 Å². The summed E-state index contributed by atoms with van der Waals surface area (Å²) in [7, 11) is 0. The molecule has 5 nitrogen and oxygen atoms in total. The van der Waals surface area contributed by atoms with E-state index in [1.165, 1.54) is 18.1 Å². The summed E-state index contributed by atoms with van der Waals surface area (Å²) < 4.78 is 7.03. The first-order valence-electron chi connectivity index (χ1n) is 5.21. The summed E-state index contributed by atoms with van der Waals surface area (Å²) in [5, 5.41) is 8.80. The molecule has 0 saturated heterocycles. The molecular formula is C12H10N2O3. The smallest absolute Gasteiger partial charge is 0.356 e. The fourth-order valence-electron chi connectivity index (χ4n) is 1.89. The second-order valence-electron chi connectivity index (χ2n) is 3.92. The lowest BCUT2D eigenvalue weighted by Gasteiger charge is -2.03. The normalized spacial score (nSPS) is 13.6. The summed E-state index contributed by atoms with van der Waals surface area (Å²) in [5.41, 5.74) is 3.27. The van der Waals surface area contributed by atoms with E-state index in [0.29, 0.717) is 13.2 Å². The van der Waals surface area contributed by atoms with E-state index in [4.69, 9.17) is 9.84 Å². The Labute approximate surface area is 97.3 Å². The molecule has 5 heteroatoms. The summed E-state index contributed by atoms with van der Waals surface area (Å²) in [5.74, 6) is -1.02. The third-order valence-corrected chi connectivity index (χ3v) is 2.80. The number of aromatic nitrogens is 2. The van der Waals surface area contributed by atoms with Gasteiger partial charge in [-0.15, -0.1) is 0 Å². The number of imidazole rings is 1. The maximum atomic E-state index is 10.7. The van der Waals surface area contributed by atoms with Crippen molar-refractivity contribution in [2.75, 3.05) is 0 Å². The minimum Gasteiger partial charge on any atom is -0.476 e. The first-order chi connectivity index (χ1) is 8.24. The minimum atomic E-state index is -1.02. The van der Waals surface area contributed by atoms with Crippen molar-refractivity contribution in [2.24, 2.45) is 0 Å². The number of ether oxygens (including phenoxy) is 1. The van der Waals surface area contributed by atoms with Gasteiger partial charge in [0, 0.05) is 11.9 Å². The van der Waals surface area contributed by atoms with Gasteiger partial charge in [-0.3, -0.25) is 0 Å². The fourth-order valence-corrected chi connectivity index (χ4v) is 1.89. The molecule has 0 unspecified atom stereocenters. The van der Waals surface area contributed by atoms with Gasteiger partial charge in [-0.25, -0.2) is 9.78 Å². The Morgan fingerprint density at radius 2 is 2.18 bits per heavy atom. The molecule has 2 heterocycles. The van der Waals surface area contributed by atoms with Crippen LogP contribution in [0.5, 0.6) is 0 Å². The Bertz CT molecular complexity index is 589. The number of rotatable bonds is 2. The maximum absolute atomic E-state index is 10.7. The first kappa shape index (κ1) is 10.0. The van der Waals surface area contributed by atoms with Gasteiger partial charge < -0.3 is 14.4 Å². The molecular weight excluding hydrogens is 220 g/mol. The van der Waals surface area contributed by atoms with E-state index >= 15 is 0 Å². The van der Waals surface area contributed by atoms with E-state index in [1.54, 1.807) is 4.57 Å². The lowest BCUT2D eigenvalue weighted by atomic mass is 10.1. The van der Waals surface area contributed by atoms with Crippen LogP contribution in [0.4, 0.5) is 0 Å². The lowest BCUT2D eigenvalue weighted by Crippen LogP contribution is -1.96. The average Bonchev–Trinajstić information content (AvgIpc) is 2.97. The Hall–Kier alpha value is -2.14. The highest BCUT2D eigenvalue weighted by Crippen LogP contribution is 2.22. The predicted molar refractivity (Wildman–Crippen MR) is 59.0 cm³/mol. The summed E-state index contributed by atoms with van der Waals surface area (Å²) in [6.45, 7) is 1.27. The van der Waals surface area contributed by atoms with Gasteiger partial charge in [0.15, 0.2) is 5.69 Å². The van der Waals surface area contributed by atoms with E-state index in [-0.39, 0.29) is 5.69 Å². The van der Waals surface area contributed by atoms with Crippen LogP contribution in [-0.2, 0) is 18.0 Å². The Kier molecular flexibility index (Phi) is 2.19. The van der Waals surface area contributed by atoms with E-state index in [2.05, 4.69) is 4.98 Å². The number of carboxylic acids is 1. The minimum absolute atomic E-state index is 0.0433. The summed E-state index contributed by atoms with van der Waals surface area (Å²) in [4.78, 5) is 14.6. The van der Waals surface area contributed by atoms with Crippen molar-refractivity contribution in [1.29, 1.82) is 0 Å². The van der Waals surface area contributed by atoms with Crippen LogP contribution < -0.4 is 0 Å². The molecule has 1 aliphatic rings. The molecule has 0 atom stereocenters. The van der Waals surface area contributed by atoms with Crippen molar-refractivity contribution in [3.05, 3.63) is 47.5 Å². The summed E-state index contributed by atoms with van der Waals surface area (Å²) >= 11 is 0. The van der Waals surface area contributed by atoms with Gasteiger partial charge in [0.1, 0.15) is 6.33 Å². The van der Waals surface area contributed by atoms with E-state index in [0.717, 1.165) is 11.3 Å². The molecule has 1 aromatic heterocycles. The molecule has 86 valence electrons. The zero-order valence-electron chi connectivity index (χ0n) is 8.96. The zero-order chi connectivity index (χ0) is 11.8. The third kappa shape index (κ3) is 1.70. The highest BCUT2D eigenvalue weighted by atomic mass is 16.5. The van der Waals surface area contributed by atoms with Crippen LogP contribution in [0.15, 0.2) is 30.7 Å². The molecule has 0 bridgehead atoms. The van der Waals surface area contributed by atoms with Gasteiger partial charge in [0.25, 0.3) is 0 Å². The van der Waals surface area contributed by atoms with E-state index < -0.39 is 5.97 Å².